The minimum absolute atomic E-state index is 0.700. The lowest BCUT2D eigenvalue weighted by Gasteiger charge is -2.33. The van der Waals surface area contributed by atoms with Crippen LogP contribution in [0.2, 0.25) is 0 Å². The quantitative estimate of drug-likeness (QED) is 0.734. The molecule has 0 spiro atoms. The Balaban J connectivity index is 2.17. The molecular weight excluding hydrogens is 250 g/mol. The van der Waals surface area contributed by atoms with E-state index in [-0.39, 0.29) is 0 Å². The first-order valence-electron chi connectivity index (χ1n) is 5.85. The van der Waals surface area contributed by atoms with Gasteiger partial charge in [-0.25, -0.2) is 0 Å². The van der Waals surface area contributed by atoms with Crippen LogP contribution < -0.4 is 0 Å². The molecule has 1 aromatic heterocycles. The minimum Gasteiger partial charge on any atom is -0.264 e. The number of halogens is 1. The number of pyridine rings is 1. The summed E-state index contributed by atoms with van der Waals surface area (Å²) in [6.07, 6.45) is 9.14. The largest absolute Gasteiger partial charge is 0.264 e. The first kappa shape index (κ1) is 11.1. The van der Waals surface area contributed by atoms with Gasteiger partial charge in [0, 0.05) is 17.2 Å². The van der Waals surface area contributed by atoms with Gasteiger partial charge in [0.05, 0.1) is 0 Å². The Kier molecular flexibility index (Phi) is 3.79. The predicted octanol–water partition coefficient (Wildman–Crippen LogP) is 4.14. The van der Waals surface area contributed by atoms with Crippen LogP contribution in [0.5, 0.6) is 0 Å². The fourth-order valence-electron chi connectivity index (χ4n) is 2.67. The van der Waals surface area contributed by atoms with Crippen LogP contribution in [0.15, 0.2) is 24.5 Å². The summed E-state index contributed by atoms with van der Waals surface area (Å²) in [6, 6.07) is 4.28. The minimum atomic E-state index is 0.700. The molecule has 1 aliphatic carbocycles. The average Bonchev–Trinajstić information content (AvgIpc) is 2.30. The van der Waals surface area contributed by atoms with Crippen molar-refractivity contribution >= 4 is 15.9 Å². The Bertz CT molecular complexity index is 299. The molecule has 0 bridgehead atoms. The SMILES string of the molecule is CCC1CCC(Br)CC1c1cccnc1. The van der Waals surface area contributed by atoms with E-state index >= 15 is 0 Å². The zero-order valence-electron chi connectivity index (χ0n) is 9.20. The van der Waals surface area contributed by atoms with Crippen LogP contribution in [-0.4, -0.2) is 9.81 Å². The summed E-state index contributed by atoms with van der Waals surface area (Å²) >= 11 is 3.76. The van der Waals surface area contributed by atoms with Gasteiger partial charge >= 0.3 is 0 Å². The fraction of sp³-hybridized carbons (Fsp3) is 0.615. The van der Waals surface area contributed by atoms with Crippen LogP contribution in [-0.2, 0) is 0 Å². The Hall–Kier alpha value is -0.370. The average molecular weight is 268 g/mol. The first-order chi connectivity index (χ1) is 7.31. The predicted molar refractivity (Wildman–Crippen MR) is 67.3 cm³/mol. The van der Waals surface area contributed by atoms with Crippen molar-refractivity contribution in [3.8, 4) is 0 Å². The van der Waals surface area contributed by atoms with Crippen molar-refractivity contribution in [2.75, 3.05) is 0 Å². The van der Waals surface area contributed by atoms with Crippen LogP contribution in [0.1, 0.15) is 44.1 Å². The molecule has 2 rings (SSSR count). The zero-order chi connectivity index (χ0) is 10.7. The van der Waals surface area contributed by atoms with Crippen LogP contribution in [0.3, 0.4) is 0 Å². The Morgan fingerprint density at radius 2 is 2.33 bits per heavy atom. The van der Waals surface area contributed by atoms with E-state index in [0.29, 0.717) is 10.7 Å². The molecule has 3 atom stereocenters. The van der Waals surface area contributed by atoms with Gasteiger partial charge in [-0.05, 0) is 42.7 Å². The monoisotopic (exact) mass is 267 g/mol. The molecule has 82 valence electrons. The van der Waals surface area contributed by atoms with Gasteiger partial charge in [0.2, 0.25) is 0 Å². The maximum Gasteiger partial charge on any atom is 0.0302 e. The van der Waals surface area contributed by atoms with E-state index in [0.717, 1.165) is 5.92 Å². The summed E-state index contributed by atoms with van der Waals surface area (Å²) < 4.78 is 0. The van der Waals surface area contributed by atoms with Gasteiger partial charge in [-0.3, -0.25) is 4.98 Å². The lowest BCUT2D eigenvalue weighted by atomic mass is 9.75. The van der Waals surface area contributed by atoms with Crippen LogP contribution >= 0.6 is 15.9 Å². The lowest BCUT2D eigenvalue weighted by molar-refractivity contribution is 0.307. The van der Waals surface area contributed by atoms with Gasteiger partial charge in [-0.15, -0.1) is 0 Å². The van der Waals surface area contributed by atoms with E-state index in [4.69, 9.17) is 0 Å². The molecule has 2 heteroatoms. The summed E-state index contributed by atoms with van der Waals surface area (Å²) in [5, 5.41) is 0. The molecule has 0 radical (unpaired) electrons. The molecule has 1 aliphatic rings. The van der Waals surface area contributed by atoms with E-state index in [1.807, 2.05) is 12.4 Å². The first-order valence-corrected chi connectivity index (χ1v) is 6.76. The molecule has 0 aromatic carbocycles. The molecular formula is C13H18BrN. The van der Waals surface area contributed by atoms with Crippen LogP contribution in [0, 0.1) is 5.92 Å². The van der Waals surface area contributed by atoms with Crippen molar-refractivity contribution in [2.45, 2.75) is 43.4 Å². The smallest absolute Gasteiger partial charge is 0.0302 e. The van der Waals surface area contributed by atoms with E-state index in [1.165, 1.54) is 31.2 Å². The number of rotatable bonds is 2. The van der Waals surface area contributed by atoms with Gasteiger partial charge in [-0.2, -0.15) is 0 Å². The van der Waals surface area contributed by atoms with Crippen molar-refractivity contribution in [2.24, 2.45) is 5.92 Å². The van der Waals surface area contributed by atoms with E-state index < -0.39 is 0 Å². The van der Waals surface area contributed by atoms with Crippen molar-refractivity contribution in [1.29, 1.82) is 0 Å². The van der Waals surface area contributed by atoms with E-state index in [1.54, 1.807) is 0 Å². The number of hydrogen-bond donors (Lipinski definition) is 0. The molecule has 3 unspecified atom stereocenters. The third-order valence-corrected chi connectivity index (χ3v) is 4.40. The molecule has 1 aromatic rings. The zero-order valence-corrected chi connectivity index (χ0v) is 10.8. The summed E-state index contributed by atoms with van der Waals surface area (Å²) in [7, 11) is 0. The molecule has 1 nitrogen and oxygen atoms in total. The standard InChI is InChI=1S/C13H18BrN/c1-2-10-5-6-12(14)8-13(10)11-4-3-7-15-9-11/h3-4,7,9-10,12-13H,2,5-6,8H2,1H3. The molecule has 1 saturated carbocycles. The van der Waals surface area contributed by atoms with Gasteiger partial charge in [-0.1, -0.05) is 35.3 Å². The van der Waals surface area contributed by atoms with Crippen molar-refractivity contribution in [3.05, 3.63) is 30.1 Å². The highest BCUT2D eigenvalue weighted by Crippen LogP contribution is 2.41. The number of alkyl halides is 1. The summed E-state index contributed by atoms with van der Waals surface area (Å²) in [5.74, 6) is 1.56. The third-order valence-electron chi connectivity index (χ3n) is 3.57. The fourth-order valence-corrected chi connectivity index (χ4v) is 3.34. The molecule has 0 N–H and O–H groups in total. The van der Waals surface area contributed by atoms with Crippen molar-refractivity contribution < 1.29 is 0 Å². The molecule has 0 saturated heterocycles. The van der Waals surface area contributed by atoms with Crippen molar-refractivity contribution in [1.82, 2.24) is 4.98 Å². The summed E-state index contributed by atoms with van der Waals surface area (Å²) in [5.41, 5.74) is 1.42. The van der Waals surface area contributed by atoms with Gasteiger partial charge in [0.1, 0.15) is 0 Å². The second-order valence-corrected chi connectivity index (χ2v) is 5.77. The van der Waals surface area contributed by atoms with Crippen molar-refractivity contribution in [3.63, 3.8) is 0 Å². The Labute approximate surface area is 100 Å². The topological polar surface area (TPSA) is 12.9 Å². The van der Waals surface area contributed by atoms with E-state index in [9.17, 15) is 0 Å². The third kappa shape index (κ3) is 2.60. The number of aromatic nitrogens is 1. The highest BCUT2D eigenvalue weighted by Gasteiger charge is 2.29. The molecule has 1 heterocycles. The second-order valence-electron chi connectivity index (χ2n) is 4.47. The van der Waals surface area contributed by atoms with E-state index in [2.05, 4.69) is 40.0 Å². The normalized spacial score (nSPS) is 31.5. The summed E-state index contributed by atoms with van der Waals surface area (Å²) in [6.45, 7) is 2.31. The Morgan fingerprint density at radius 1 is 1.47 bits per heavy atom. The van der Waals surface area contributed by atoms with Crippen LogP contribution in [0.25, 0.3) is 0 Å². The second kappa shape index (κ2) is 5.11. The highest BCUT2D eigenvalue weighted by molar-refractivity contribution is 9.09. The van der Waals surface area contributed by atoms with Gasteiger partial charge in [0.25, 0.3) is 0 Å². The lowest BCUT2D eigenvalue weighted by Crippen LogP contribution is -2.23. The maximum absolute atomic E-state index is 4.24. The van der Waals surface area contributed by atoms with Crippen LogP contribution in [0.4, 0.5) is 0 Å². The Morgan fingerprint density at radius 3 is 3.00 bits per heavy atom. The maximum atomic E-state index is 4.24. The number of hydrogen-bond acceptors (Lipinski definition) is 1. The van der Waals surface area contributed by atoms with Gasteiger partial charge < -0.3 is 0 Å². The molecule has 15 heavy (non-hydrogen) atoms. The molecule has 1 fully saturated rings. The molecule has 0 aliphatic heterocycles. The molecule has 0 amide bonds. The van der Waals surface area contributed by atoms with Gasteiger partial charge in [0.15, 0.2) is 0 Å². The highest BCUT2D eigenvalue weighted by atomic mass is 79.9. The summed E-state index contributed by atoms with van der Waals surface area (Å²) in [4.78, 5) is 4.94. The number of nitrogens with zero attached hydrogens (tertiary/aromatic N) is 1.